The van der Waals surface area contributed by atoms with Crippen LogP contribution >= 0.6 is 0 Å². The van der Waals surface area contributed by atoms with Gasteiger partial charge in [0.2, 0.25) is 0 Å². The molecule has 2 heterocycles. The molecule has 0 unspecified atom stereocenters. The van der Waals surface area contributed by atoms with E-state index in [0.717, 1.165) is 46.2 Å². The summed E-state index contributed by atoms with van der Waals surface area (Å²) in [5.74, 6) is 1.80. The Morgan fingerprint density at radius 2 is 1.18 bits per heavy atom. The second-order valence-corrected chi connectivity index (χ2v) is 11.7. The highest BCUT2D eigenvalue weighted by molar-refractivity contribution is 6.18. The van der Waals surface area contributed by atoms with Crippen LogP contribution in [0.4, 0.5) is 28.7 Å². The Hall–Kier alpha value is -5.74. The first-order chi connectivity index (χ1) is 22.2. The molecule has 0 aliphatic heterocycles. The van der Waals surface area contributed by atoms with Crippen molar-refractivity contribution in [3.05, 3.63) is 162 Å². The first kappa shape index (κ1) is 26.9. The minimum atomic E-state index is 0.777. The van der Waals surface area contributed by atoms with E-state index in [9.17, 15) is 0 Å². The molecule has 7 aromatic rings. The topological polar surface area (TPSA) is 32.3 Å². The Kier molecular flexibility index (Phi) is 6.61. The van der Waals surface area contributed by atoms with Crippen molar-refractivity contribution < 1.29 is 0 Å². The minimum Gasteiger partial charge on any atom is -0.298 e. The molecule has 4 nitrogen and oxygen atoms in total. The lowest BCUT2D eigenvalue weighted by Crippen LogP contribution is -2.23. The number of aryl methyl sites for hydroxylation is 2. The van der Waals surface area contributed by atoms with Crippen LogP contribution in [0.3, 0.4) is 0 Å². The molecule has 5 aromatic carbocycles. The van der Waals surface area contributed by atoms with E-state index in [1.165, 1.54) is 38.0 Å². The Morgan fingerprint density at radius 1 is 0.556 bits per heavy atom. The molecule has 216 valence electrons. The van der Waals surface area contributed by atoms with E-state index in [1.54, 1.807) is 0 Å². The molecule has 0 spiro atoms. The fourth-order valence-electron chi connectivity index (χ4n) is 6.51. The normalized spacial score (nSPS) is 12.4. The van der Waals surface area contributed by atoms with Gasteiger partial charge in [-0.05, 0) is 89.2 Å². The largest absolute Gasteiger partial charge is 0.298 e. The number of aromatic nitrogens is 2. The first-order valence-corrected chi connectivity index (χ1v) is 15.4. The van der Waals surface area contributed by atoms with Gasteiger partial charge in [-0.1, -0.05) is 91.0 Å². The molecule has 2 aromatic heterocycles. The van der Waals surface area contributed by atoms with Crippen molar-refractivity contribution in [3.63, 3.8) is 0 Å². The summed E-state index contributed by atoms with van der Waals surface area (Å²) in [7, 11) is 0. The van der Waals surface area contributed by atoms with E-state index in [0.29, 0.717) is 0 Å². The van der Waals surface area contributed by atoms with Gasteiger partial charge in [-0.3, -0.25) is 9.80 Å². The molecule has 45 heavy (non-hydrogen) atoms. The maximum atomic E-state index is 4.90. The predicted molar refractivity (Wildman–Crippen MR) is 189 cm³/mol. The highest BCUT2D eigenvalue weighted by Crippen LogP contribution is 2.42. The van der Waals surface area contributed by atoms with Crippen LogP contribution in [0, 0.1) is 13.8 Å². The number of rotatable bonds is 6. The molecule has 0 amide bonds. The maximum absolute atomic E-state index is 4.90. The van der Waals surface area contributed by atoms with Crippen molar-refractivity contribution in [2.24, 2.45) is 0 Å². The summed E-state index contributed by atoms with van der Waals surface area (Å²) in [4.78, 5) is 14.4. The lowest BCUT2D eigenvalue weighted by atomic mass is 9.93. The van der Waals surface area contributed by atoms with E-state index in [-0.39, 0.29) is 0 Å². The van der Waals surface area contributed by atoms with Gasteiger partial charge < -0.3 is 0 Å². The van der Waals surface area contributed by atoms with E-state index in [2.05, 4.69) is 157 Å². The fourth-order valence-corrected chi connectivity index (χ4v) is 6.51. The fraction of sp³-hybridized carbons (Fsp3) is 0.0732. The smallest absolute Gasteiger partial charge is 0.137 e. The molecule has 0 saturated carbocycles. The van der Waals surface area contributed by atoms with Gasteiger partial charge in [0.1, 0.15) is 11.6 Å². The monoisotopic (exact) mass is 580 g/mol. The number of pyridine rings is 2. The molecule has 0 N–H and O–H groups in total. The molecule has 8 rings (SSSR count). The summed E-state index contributed by atoms with van der Waals surface area (Å²) in [5, 5.41) is 6.14. The van der Waals surface area contributed by atoms with Gasteiger partial charge in [-0.15, -0.1) is 0 Å². The van der Waals surface area contributed by atoms with E-state index >= 15 is 0 Å². The Bertz CT molecular complexity index is 2240. The molecule has 0 bridgehead atoms. The summed E-state index contributed by atoms with van der Waals surface area (Å²) in [6.45, 7) is 4.15. The first-order valence-electron chi connectivity index (χ1n) is 15.4. The predicted octanol–water partition coefficient (Wildman–Crippen LogP) is 9.95. The van der Waals surface area contributed by atoms with Crippen molar-refractivity contribution in [1.82, 2.24) is 9.97 Å². The molecule has 0 fully saturated rings. The number of hydrogen-bond acceptors (Lipinski definition) is 4. The van der Waals surface area contributed by atoms with Crippen LogP contribution in [-0.2, 0) is 0 Å². The standard InChI is InChI=1S/C41H32N4/c1-28-16-24-38(42-26-28)44(32-11-5-3-6-12-32)36-15-9-10-30-18-21-35-37(23-20-31-19-22-34(36)40(30)41(31)35)45(33-13-7-4-8-14-33)39-25-17-29(2)27-43-39/h3-14,16-27H,15H2,1-2H3. The van der Waals surface area contributed by atoms with E-state index < -0.39 is 0 Å². The summed E-state index contributed by atoms with van der Waals surface area (Å²) in [5.41, 5.74) is 7.96. The highest BCUT2D eigenvalue weighted by Gasteiger charge is 2.22. The second-order valence-electron chi connectivity index (χ2n) is 11.7. The Balaban J connectivity index is 1.44. The molecule has 1 aliphatic carbocycles. The van der Waals surface area contributed by atoms with Crippen LogP contribution in [0.25, 0.3) is 33.3 Å². The quantitative estimate of drug-likeness (QED) is 0.196. The van der Waals surface area contributed by atoms with Crippen LogP contribution < -0.4 is 15.0 Å². The molecule has 1 aliphatic rings. The SMILES string of the molecule is Cc1ccc(N(C2=c3ccc4ccc(N(c5ccccc5)c5ccc(C)cn5)c5ccc(c3c45)C=CC2)c2ccccc2)nc1. The van der Waals surface area contributed by atoms with Gasteiger partial charge in [0.15, 0.2) is 0 Å². The maximum Gasteiger partial charge on any atom is 0.137 e. The van der Waals surface area contributed by atoms with Gasteiger partial charge in [0, 0.05) is 46.5 Å². The van der Waals surface area contributed by atoms with Crippen molar-refractivity contribution in [2.45, 2.75) is 20.3 Å². The number of para-hydroxylation sites is 2. The van der Waals surface area contributed by atoms with Crippen LogP contribution in [0.2, 0.25) is 0 Å². The van der Waals surface area contributed by atoms with Gasteiger partial charge in [0.25, 0.3) is 0 Å². The lowest BCUT2D eigenvalue weighted by Gasteiger charge is -2.28. The second kappa shape index (κ2) is 11.1. The Labute approximate surface area is 263 Å². The zero-order valence-corrected chi connectivity index (χ0v) is 25.4. The van der Waals surface area contributed by atoms with E-state index in [4.69, 9.17) is 9.97 Å². The number of anilines is 5. The molecule has 0 atom stereocenters. The van der Waals surface area contributed by atoms with Crippen molar-refractivity contribution >= 4 is 62.0 Å². The third-order valence-electron chi connectivity index (χ3n) is 8.63. The average Bonchev–Trinajstić information content (AvgIpc) is 3.27. The summed E-state index contributed by atoms with van der Waals surface area (Å²) in [6.07, 6.45) is 9.23. The Morgan fingerprint density at radius 3 is 1.82 bits per heavy atom. The van der Waals surface area contributed by atoms with Crippen molar-refractivity contribution in [3.8, 4) is 0 Å². The van der Waals surface area contributed by atoms with Crippen molar-refractivity contribution in [1.29, 1.82) is 0 Å². The van der Waals surface area contributed by atoms with E-state index in [1.807, 2.05) is 12.4 Å². The van der Waals surface area contributed by atoms with Crippen molar-refractivity contribution in [2.75, 3.05) is 9.80 Å². The molecular formula is C41H32N4. The highest BCUT2D eigenvalue weighted by atomic mass is 15.2. The molecule has 0 saturated heterocycles. The van der Waals surface area contributed by atoms with Gasteiger partial charge in [-0.25, -0.2) is 9.97 Å². The van der Waals surface area contributed by atoms with Crippen LogP contribution in [0.15, 0.2) is 140 Å². The molecule has 0 radical (unpaired) electrons. The minimum absolute atomic E-state index is 0.777. The number of nitrogens with zero attached hydrogens (tertiary/aromatic N) is 4. The zero-order chi connectivity index (χ0) is 30.3. The zero-order valence-electron chi connectivity index (χ0n) is 25.4. The lowest BCUT2D eigenvalue weighted by molar-refractivity contribution is 1.13. The third kappa shape index (κ3) is 4.72. The average molecular weight is 581 g/mol. The van der Waals surface area contributed by atoms with Crippen LogP contribution in [0.1, 0.15) is 23.1 Å². The third-order valence-corrected chi connectivity index (χ3v) is 8.63. The van der Waals surface area contributed by atoms with Gasteiger partial charge >= 0.3 is 0 Å². The summed E-state index contributed by atoms with van der Waals surface area (Å²) in [6, 6.07) is 43.2. The summed E-state index contributed by atoms with van der Waals surface area (Å²) < 4.78 is 0. The molecule has 4 heteroatoms. The number of hydrogen-bond donors (Lipinski definition) is 0. The molecular weight excluding hydrogens is 548 g/mol. The van der Waals surface area contributed by atoms with Gasteiger partial charge in [-0.2, -0.15) is 0 Å². The summed E-state index contributed by atoms with van der Waals surface area (Å²) >= 11 is 0. The number of benzene rings is 5. The van der Waals surface area contributed by atoms with Crippen LogP contribution in [0.5, 0.6) is 0 Å². The van der Waals surface area contributed by atoms with Gasteiger partial charge in [0.05, 0.1) is 5.69 Å². The van der Waals surface area contributed by atoms with Crippen LogP contribution in [-0.4, -0.2) is 9.97 Å².